The molecule has 0 saturated carbocycles. The maximum absolute atomic E-state index is 13.0. The molecular formula is C22H21ClN4O3S. The van der Waals surface area contributed by atoms with Gasteiger partial charge < -0.3 is 15.0 Å². The van der Waals surface area contributed by atoms with Crippen LogP contribution in [0.25, 0.3) is 0 Å². The van der Waals surface area contributed by atoms with Crippen LogP contribution < -0.4 is 10.1 Å². The first-order chi connectivity index (χ1) is 15.0. The van der Waals surface area contributed by atoms with E-state index in [1.807, 2.05) is 17.0 Å². The van der Waals surface area contributed by atoms with Gasteiger partial charge in [-0.1, -0.05) is 41.1 Å². The molecule has 1 N–H and O–H groups in total. The lowest BCUT2D eigenvalue weighted by Gasteiger charge is -2.32. The fourth-order valence-corrected chi connectivity index (χ4v) is 4.65. The lowest BCUT2D eigenvalue weighted by atomic mass is 9.98. The highest BCUT2D eigenvalue weighted by Gasteiger charge is 2.29. The molecule has 2 amide bonds. The average molecular weight is 457 g/mol. The molecule has 1 aliphatic rings. The number of ether oxygens (including phenoxy) is 1. The van der Waals surface area contributed by atoms with Crippen LogP contribution >= 0.6 is 22.9 Å². The number of para-hydroxylation sites is 1. The third kappa shape index (κ3) is 4.86. The van der Waals surface area contributed by atoms with Gasteiger partial charge in [-0.3, -0.25) is 9.59 Å². The summed E-state index contributed by atoms with van der Waals surface area (Å²) in [5.74, 6) is 0.206. The number of rotatable bonds is 5. The van der Waals surface area contributed by atoms with E-state index in [4.69, 9.17) is 16.3 Å². The molecule has 0 spiro atoms. The molecule has 2 aromatic carbocycles. The Kier molecular flexibility index (Phi) is 6.48. The molecule has 1 aromatic heterocycles. The van der Waals surface area contributed by atoms with E-state index in [1.54, 1.807) is 43.5 Å². The first kappa shape index (κ1) is 21.3. The van der Waals surface area contributed by atoms with Crippen molar-refractivity contribution in [3.63, 3.8) is 0 Å². The van der Waals surface area contributed by atoms with Gasteiger partial charge in [0.1, 0.15) is 10.8 Å². The van der Waals surface area contributed by atoms with E-state index >= 15 is 0 Å². The summed E-state index contributed by atoms with van der Waals surface area (Å²) in [6, 6.07) is 14.1. The van der Waals surface area contributed by atoms with Gasteiger partial charge >= 0.3 is 0 Å². The van der Waals surface area contributed by atoms with Gasteiger partial charge in [-0.25, -0.2) is 0 Å². The normalized spacial score (nSPS) is 16.1. The van der Waals surface area contributed by atoms with Crippen molar-refractivity contribution in [3.05, 3.63) is 69.1 Å². The van der Waals surface area contributed by atoms with E-state index in [0.29, 0.717) is 35.1 Å². The second-order valence-electron chi connectivity index (χ2n) is 7.20. The fraction of sp³-hybridized carbons (Fsp3) is 0.273. The summed E-state index contributed by atoms with van der Waals surface area (Å²) < 4.78 is 5.33. The summed E-state index contributed by atoms with van der Waals surface area (Å²) in [5.41, 5.74) is 1.14. The zero-order valence-corrected chi connectivity index (χ0v) is 18.4. The maximum Gasteiger partial charge on any atom is 0.286 e. The molecule has 0 aliphatic carbocycles. The summed E-state index contributed by atoms with van der Waals surface area (Å²) in [6.45, 7) is 1.20. The lowest BCUT2D eigenvalue weighted by Crippen LogP contribution is -2.39. The van der Waals surface area contributed by atoms with E-state index in [2.05, 4.69) is 15.5 Å². The number of carbonyl (C=O) groups is 2. The predicted octanol–water partition coefficient (Wildman–Crippen LogP) is 4.47. The Bertz CT molecular complexity index is 1100. The molecule has 2 heterocycles. The number of hydrogen-bond acceptors (Lipinski definition) is 6. The summed E-state index contributed by atoms with van der Waals surface area (Å²) >= 11 is 7.22. The van der Waals surface area contributed by atoms with Gasteiger partial charge in [0.15, 0.2) is 0 Å². The van der Waals surface area contributed by atoms with Crippen molar-refractivity contribution in [2.75, 3.05) is 25.5 Å². The Labute approximate surface area is 189 Å². The molecule has 9 heteroatoms. The van der Waals surface area contributed by atoms with Crippen LogP contribution in [0.2, 0.25) is 5.02 Å². The van der Waals surface area contributed by atoms with Crippen molar-refractivity contribution in [1.82, 2.24) is 15.1 Å². The van der Waals surface area contributed by atoms with Gasteiger partial charge in [0, 0.05) is 29.7 Å². The third-order valence-electron chi connectivity index (χ3n) is 5.11. The minimum atomic E-state index is -0.330. The number of amides is 2. The van der Waals surface area contributed by atoms with E-state index in [1.165, 1.54) is 11.3 Å². The number of nitrogens with zero attached hydrogens (tertiary/aromatic N) is 3. The van der Waals surface area contributed by atoms with Gasteiger partial charge in [-0.2, -0.15) is 0 Å². The van der Waals surface area contributed by atoms with E-state index in [9.17, 15) is 9.59 Å². The van der Waals surface area contributed by atoms with Crippen LogP contribution in [0.4, 0.5) is 5.69 Å². The molecule has 3 aromatic rings. The van der Waals surface area contributed by atoms with Crippen LogP contribution in [0.15, 0.2) is 48.5 Å². The Balaban J connectivity index is 1.45. The third-order valence-corrected chi connectivity index (χ3v) is 6.43. The minimum absolute atomic E-state index is 0.0395. The summed E-state index contributed by atoms with van der Waals surface area (Å²) in [4.78, 5) is 27.4. The summed E-state index contributed by atoms with van der Waals surface area (Å²) in [5, 5.41) is 12.7. The largest absolute Gasteiger partial charge is 0.496 e. The van der Waals surface area contributed by atoms with Crippen LogP contribution in [0.5, 0.6) is 5.75 Å². The predicted molar refractivity (Wildman–Crippen MR) is 120 cm³/mol. The number of likely N-dealkylation sites (tertiary alicyclic amines) is 1. The van der Waals surface area contributed by atoms with Crippen molar-refractivity contribution in [2.45, 2.75) is 18.8 Å². The van der Waals surface area contributed by atoms with Crippen molar-refractivity contribution < 1.29 is 14.3 Å². The topological polar surface area (TPSA) is 84.4 Å². The average Bonchev–Trinajstić information content (AvgIpc) is 3.29. The Morgan fingerprint density at radius 1 is 1.19 bits per heavy atom. The number of methoxy groups -OCH3 is 1. The molecule has 0 bridgehead atoms. The first-order valence-electron chi connectivity index (χ1n) is 9.88. The van der Waals surface area contributed by atoms with Crippen LogP contribution in [-0.2, 0) is 0 Å². The Hall–Kier alpha value is -2.97. The monoisotopic (exact) mass is 456 g/mol. The minimum Gasteiger partial charge on any atom is -0.496 e. The van der Waals surface area contributed by atoms with E-state index in [-0.39, 0.29) is 22.7 Å². The summed E-state index contributed by atoms with van der Waals surface area (Å²) in [7, 11) is 1.56. The molecule has 1 saturated heterocycles. The van der Waals surface area contributed by atoms with Gasteiger partial charge in [-0.05, 0) is 43.2 Å². The van der Waals surface area contributed by atoms with E-state index in [0.717, 1.165) is 17.8 Å². The number of benzene rings is 2. The number of halogens is 1. The van der Waals surface area contributed by atoms with Crippen molar-refractivity contribution in [3.8, 4) is 5.75 Å². The van der Waals surface area contributed by atoms with Crippen LogP contribution in [0.1, 0.15) is 43.9 Å². The standard InChI is InChI=1S/C22H21ClN4O3S/c1-30-18-10-3-2-9-17(18)22(29)27-11-5-6-14(13-27)20-25-26-21(31-20)19(28)24-16-8-4-7-15(23)12-16/h2-4,7-10,12,14H,5-6,11,13H2,1H3,(H,24,28)/t14-/m0/s1. The fourth-order valence-electron chi connectivity index (χ4n) is 3.60. The molecule has 1 atom stereocenters. The molecule has 1 fully saturated rings. The quantitative estimate of drug-likeness (QED) is 0.612. The maximum atomic E-state index is 13.0. The number of nitrogens with one attached hydrogen (secondary N) is 1. The molecular weight excluding hydrogens is 436 g/mol. The van der Waals surface area contributed by atoms with Crippen molar-refractivity contribution >= 4 is 40.4 Å². The molecule has 1 aliphatic heterocycles. The van der Waals surface area contributed by atoms with Crippen LogP contribution in [-0.4, -0.2) is 47.1 Å². The second-order valence-corrected chi connectivity index (χ2v) is 8.65. The smallest absolute Gasteiger partial charge is 0.286 e. The molecule has 0 unspecified atom stereocenters. The first-order valence-corrected chi connectivity index (χ1v) is 11.1. The highest BCUT2D eigenvalue weighted by molar-refractivity contribution is 7.13. The number of piperidine rings is 1. The molecule has 7 nitrogen and oxygen atoms in total. The van der Waals surface area contributed by atoms with Crippen LogP contribution in [0.3, 0.4) is 0 Å². The summed E-state index contributed by atoms with van der Waals surface area (Å²) in [6.07, 6.45) is 1.75. The van der Waals surface area contributed by atoms with Crippen LogP contribution in [0, 0.1) is 0 Å². The molecule has 31 heavy (non-hydrogen) atoms. The van der Waals surface area contributed by atoms with Gasteiger partial charge in [0.25, 0.3) is 11.8 Å². The van der Waals surface area contributed by atoms with E-state index < -0.39 is 0 Å². The SMILES string of the molecule is COc1ccccc1C(=O)N1CCC[C@H](c2nnc(C(=O)Nc3cccc(Cl)c3)s2)C1. The molecule has 0 radical (unpaired) electrons. The zero-order valence-electron chi connectivity index (χ0n) is 16.9. The highest BCUT2D eigenvalue weighted by atomic mass is 35.5. The van der Waals surface area contributed by atoms with Gasteiger partial charge in [0.05, 0.1) is 12.7 Å². The second kappa shape index (κ2) is 9.45. The Morgan fingerprint density at radius 2 is 2.03 bits per heavy atom. The molecule has 4 rings (SSSR count). The van der Waals surface area contributed by atoms with Gasteiger partial charge in [0.2, 0.25) is 5.01 Å². The number of hydrogen-bond donors (Lipinski definition) is 1. The Morgan fingerprint density at radius 3 is 2.84 bits per heavy atom. The van der Waals surface area contributed by atoms with Crippen molar-refractivity contribution in [2.24, 2.45) is 0 Å². The molecule has 160 valence electrons. The number of anilines is 1. The van der Waals surface area contributed by atoms with Crippen molar-refractivity contribution in [1.29, 1.82) is 0 Å². The lowest BCUT2D eigenvalue weighted by molar-refractivity contribution is 0.0703. The highest BCUT2D eigenvalue weighted by Crippen LogP contribution is 2.31. The number of carbonyl (C=O) groups excluding carboxylic acids is 2. The number of aromatic nitrogens is 2. The zero-order chi connectivity index (χ0) is 21.8. The van der Waals surface area contributed by atoms with Gasteiger partial charge in [-0.15, -0.1) is 10.2 Å².